The molecule has 6 nitrogen and oxygen atoms in total. The summed E-state index contributed by atoms with van der Waals surface area (Å²) in [5.41, 5.74) is 0.113. The highest BCUT2D eigenvalue weighted by Gasteiger charge is 2.25. The van der Waals surface area contributed by atoms with Crippen LogP contribution in [-0.4, -0.2) is 20.5 Å². The first-order chi connectivity index (χ1) is 8.11. The average molecular weight is 231 g/mol. The number of carbonyl (C=O) groups is 1. The molecule has 0 amide bonds. The van der Waals surface area contributed by atoms with Crippen LogP contribution in [0.2, 0.25) is 0 Å². The van der Waals surface area contributed by atoms with Crippen molar-refractivity contribution in [3.63, 3.8) is 0 Å². The van der Waals surface area contributed by atoms with E-state index in [1.807, 2.05) is 0 Å². The number of ketones is 1. The number of aromatic nitrogens is 2. The summed E-state index contributed by atoms with van der Waals surface area (Å²) in [6, 6.07) is 8.40. The molecule has 6 heteroatoms. The predicted molar refractivity (Wildman–Crippen MR) is 59.7 cm³/mol. The molecular formula is C11H9N3O3. The monoisotopic (exact) mass is 231 g/mol. The van der Waals surface area contributed by atoms with Crippen molar-refractivity contribution < 1.29 is 9.72 Å². The number of benzene rings is 1. The first-order valence-corrected chi connectivity index (χ1v) is 4.87. The van der Waals surface area contributed by atoms with Crippen LogP contribution in [-0.2, 0) is 7.05 Å². The molecule has 2 rings (SSSR count). The average Bonchev–Trinajstić information content (AvgIpc) is 2.71. The third-order valence-corrected chi connectivity index (χ3v) is 2.37. The summed E-state index contributed by atoms with van der Waals surface area (Å²) >= 11 is 0. The SMILES string of the molecule is Cn1ncc([N+](=O)[O-])c1C(=O)c1ccccc1. The molecule has 0 aliphatic heterocycles. The zero-order valence-corrected chi connectivity index (χ0v) is 9.03. The van der Waals surface area contributed by atoms with E-state index in [2.05, 4.69) is 5.10 Å². The summed E-state index contributed by atoms with van der Waals surface area (Å²) in [4.78, 5) is 22.3. The van der Waals surface area contributed by atoms with Gasteiger partial charge in [-0.15, -0.1) is 0 Å². The summed E-state index contributed by atoms with van der Waals surface area (Å²) in [7, 11) is 1.50. The maximum absolute atomic E-state index is 12.1. The van der Waals surface area contributed by atoms with Crippen molar-refractivity contribution in [2.75, 3.05) is 0 Å². The van der Waals surface area contributed by atoms with Gasteiger partial charge in [0, 0.05) is 12.6 Å². The van der Waals surface area contributed by atoms with Crippen molar-refractivity contribution in [2.24, 2.45) is 7.05 Å². The number of nitro groups is 1. The Morgan fingerprint density at radius 2 is 2.00 bits per heavy atom. The summed E-state index contributed by atoms with van der Waals surface area (Å²) in [6.07, 6.45) is 1.08. The second-order valence-electron chi connectivity index (χ2n) is 3.45. The first-order valence-electron chi connectivity index (χ1n) is 4.87. The minimum atomic E-state index is -0.608. The van der Waals surface area contributed by atoms with Gasteiger partial charge in [0.15, 0.2) is 5.69 Å². The van der Waals surface area contributed by atoms with Crippen molar-refractivity contribution in [1.82, 2.24) is 9.78 Å². The lowest BCUT2D eigenvalue weighted by Gasteiger charge is -2.00. The molecule has 0 atom stereocenters. The van der Waals surface area contributed by atoms with E-state index in [0.717, 1.165) is 6.20 Å². The minimum absolute atomic E-state index is 0.0128. The van der Waals surface area contributed by atoms with E-state index in [9.17, 15) is 14.9 Å². The van der Waals surface area contributed by atoms with E-state index in [-0.39, 0.29) is 11.4 Å². The van der Waals surface area contributed by atoms with Crippen molar-refractivity contribution in [3.8, 4) is 0 Å². The van der Waals surface area contributed by atoms with Gasteiger partial charge < -0.3 is 0 Å². The molecular weight excluding hydrogens is 222 g/mol. The van der Waals surface area contributed by atoms with E-state index in [4.69, 9.17) is 0 Å². The Morgan fingerprint density at radius 1 is 1.35 bits per heavy atom. The number of aryl methyl sites for hydroxylation is 1. The number of hydrogen-bond acceptors (Lipinski definition) is 4. The molecule has 0 saturated carbocycles. The van der Waals surface area contributed by atoms with Crippen molar-refractivity contribution >= 4 is 11.5 Å². The van der Waals surface area contributed by atoms with E-state index in [0.29, 0.717) is 5.56 Å². The van der Waals surface area contributed by atoms with Crippen LogP contribution in [0.1, 0.15) is 16.1 Å². The highest BCUT2D eigenvalue weighted by molar-refractivity contribution is 6.10. The normalized spacial score (nSPS) is 10.2. The van der Waals surface area contributed by atoms with Crippen molar-refractivity contribution in [2.45, 2.75) is 0 Å². The molecule has 1 heterocycles. The van der Waals surface area contributed by atoms with Crippen LogP contribution in [0.25, 0.3) is 0 Å². The molecule has 0 aliphatic rings. The van der Waals surface area contributed by atoms with Crippen LogP contribution in [0.4, 0.5) is 5.69 Å². The molecule has 0 N–H and O–H groups in total. The third kappa shape index (κ3) is 1.92. The molecule has 1 aromatic carbocycles. The van der Waals surface area contributed by atoms with Gasteiger partial charge in [0.25, 0.3) is 0 Å². The van der Waals surface area contributed by atoms with E-state index in [1.165, 1.54) is 11.7 Å². The summed E-state index contributed by atoms with van der Waals surface area (Å²) < 4.78 is 1.22. The standard InChI is InChI=1S/C11H9N3O3/c1-13-10(9(7-12-13)14(16)17)11(15)8-5-3-2-4-6-8/h2-7H,1H3. The molecule has 0 aliphatic carbocycles. The molecule has 0 radical (unpaired) electrons. The molecule has 2 aromatic rings. The highest BCUT2D eigenvalue weighted by Crippen LogP contribution is 2.20. The fourth-order valence-corrected chi connectivity index (χ4v) is 1.55. The van der Waals surface area contributed by atoms with E-state index < -0.39 is 10.7 Å². The van der Waals surface area contributed by atoms with Gasteiger partial charge in [-0.05, 0) is 0 Å². The fraction of sp³-hybridized carbons (Fsp3) is 0.0909. The summed E-state index contributed by atoms with van der Waals surface area (Å²) in [5, 5.41) is 14.5. The quantitative estimate of drug-likeness (QED) is 0.456. The van der Waals surface area contributed by atoms with Gasteiger partial charge in [0.2, 0.25) is 5.78 Å². The van der Waals surface area contributed by atoms with Crippen LogP contribution >= 0.6 is 0 Å². The number of rotatable bonds is 3. The number of carbonyl (C=O) groups excluding carboxylic acids is 1. The van der Waals surface area contributed by atoms with Gasteiger partial charge in [0.1, 0.15) is 6.20 Å². The van der Waals surface area contributed by atoms with Crippen LogP contribution in [0.3, 0.4) is 0 Å². The fourth-order valence-electron chi connectivity index (χ4n) is 1.55. The van der Waals surface area contributed by atoms with Crippen LogP contribution in [0, 0.1) is 10.1 Å². The lowest BCUT2D eigenvalue weighted by Crippen LogP contribution is -2.10. The maximum Gasteiger partial charge on any atom is 0.318 e. The molecule has 17 heavy (non-hydrogen) atoms. The van der Waals surface area contributed by atoms with Crippen LogP contribution in [0.15, 0.2) is 36.5 Å². The Labute approximate surface area is 96.6 Å². The molecule has 0 saturated heterocycles. The topological polar surface area (TPSA) is 78.0 Å². The van der Waals surface area contributed by atoms with Gasteiger partial charge in [-0.1, -0.05) is 30.3 Å². The minimum Gasteiger partial charge on any atom is -0.287 e. The Morgan fingerprint density at radius 3 is 2.59 bits per heavy atom. The molecule has 1 aromatic heterocycles. The van der Waals surface area contributed by atoms with Gasteiger partial charge in [-0.25, -0.2) is 0 Å². The second kappa shape index (κ2) is 4.17. The number of nitrogens with zero attached hydrogens (tertiary/aromatic N) is 3. The Hall–Kier alpha value is -2.50. The summed E-state index contributed by atoms with van der Waals surface area (Å²) in [6.45, 7) is 0. The van der Waals surface area contributed by atoms with Gasteiger partial charge >= 0.3 is 5.69 Å². The van der Waals surface area contributed by atoms with Crippen molar-refractivity contribution in [3.05, 3.63) is 57.9 Å². The second-order valence-corrected chi connectivity index (χ2v) is 3.45. The predicted octanol–water partition coefficient (Wildman–Crippen LogP) is 1.56. The number of hydrogen-bond donors (Lipinski definition) is 0. The summed E-state index contributed by atoms with van der Waals surface area (Å²) in [5.74, 6) is -0.405. The first kappa shape index (κ1) is 11.0. The van der Waals surface area contributed by atoms with Crippen molar-refractivity contribution in [1.29, 1.82) is 0 Å². The Kier molecular flexibility index (Phi) is 2.70. The molecule has 0 bridgehead atoms. The largest absolute Gasteiger partial charge is 0.318 e. The molecule has 0 fully saturated rings. The van der Waals surface area contributed by atoms with Gasteiger partial charge in [-0.3, -0.25) is 19.6 Å². The van der Waals surface area contributed by atoms with Crippen LogP contribution < -0.4 is 0 Å². The molecule has 0 spiro atoms. The Bertz CT molecular complexity index is 575. The van der Waals surface area contributed by atoms with E-state index in [1.54, 1.807) is 30.3 Å². The lowest BCUT2D eigenvalue weighted by atomic mass is 10.1. The highest BCUT2D eigenvalue weighted by atomic mass is 16.6. The van der Waals surface area contributed by atoms with Gasteiger partial charge in [-0.2, -0.15) is 5.10 Å². The lowest BCUT2D eigenvalue weighted by molar-refractivity contribution is -0.385. The van der Waals surface area contributed by atoms with E-state index >= 15 is 0 Å². The smallest absolute Gasteiger partial charge is 0.287 e. The Balaban J connectivity index is 2.51. The zero-order valence-electron chi connectivity index (χ0n) is 9.03. The van der Waals surface area contributed by atoms with Gasteiger partial charge in [0.05, 0.1) is 4.92 Å². The van der Waals surface area contributed by atoms with Crippen LogP contribution in [0.5, 0.6) is 0 Å². The molecule has 0 unspecified atom stereocenters. The molecule has 86 valence electrons. The maximum atomic E-state index is 12.1. The third-order valence-electron chi connectivity index (χ3n) is 2.37. The zero-order chi connectivity index (χ0) is 12.4.